The number of nitrogens with one attached hydrogen (secondary N) is 1. The highest BCUT2D eigenvalue weighted by Crippen LogP contribution is 2.34. The fraction of sp³-hybridized carbons (Fsp3) is 0.231. The van der Waals surface area contributed by atoms with E-state index in [1.807, 2.05) is 91.9 Å². The Balaban J connectivity index is 1.51. The number of rotatable bonds is 8. The van der Waals surface area contributed by atoms with Crippen molar-refractivity contribution in [2.24, 2.45) is 5.92 Å². The number of anilines is 3. The highest BCUT2D eigenvalue weighted by molar-refractivity contribution is 8.00. The zero-order valence-corrected chi connectivity index (χ0v) is 18.3. The molecule has 1 saturated carbocycles. The highest BCUT2D eigenvalue weighted by Gasteiger charge is 2.29. The minimum absolute atomic E-state index is 0.0519. The third-order valence-electron chi connectivity index (χ3n) is 5.24. The molecule has 1 aliphatic rings. The van der Waals surface area contributed by atoms with Crippen LogP contribution in [0.15, 0.2) is 89.8 Å². The van der Waals surface area contributed by atoms with Gasteiger partial charge in [0, 0.05) is 27.9 Å². The Morgan fingerprint density at radius 3 is 1.94 bits per heavy atom. The van der Waals surface area contributed by atoms with Gasteiger partial charge in [-0.3, -0.25) is 14.5 Å². The van der Waals surface area contributed by atoms with Crippen LogP contribution >= 0.6 is 11.8 Å². The van der Waals surface area contributed by atoms with Crippen LogP contribution < -0.4 is 10.2 Å². The molecular formula is C26H26N2O2S. The van der Waals surface area contributed by atoms with Crippen LogP contribution in [0, 0.1) is 5.92 Å². The van der Waals surface area contributed by atoms with Crippen LogP contribution in [0.25, 0.3) is 0 Å². The van der Waals surface area contributed by atoms with Crippen molar-refractivity contribution in [2.45, 2.75) is 36.3 Å². The van der Waals surface area contributed by atoms with E-state index in [0.717, 1.165) is 34.8 Å². The van der Waals surface area contributed by atoms with Crippen molar-refractivity contribution in [3.63, 3.8) is 0 Å². The minimum atomic E-state index is -0.229. The number of amides is 2. The van der Waals surface area contributed by atoms with Crippen molar-refractivity contribution in [3.05, 3.63) is 84.9 Å². The molecule has 0 radical (unpaired) electrons. The fourth-order valence-corrected chi connectivity index (χ4v) is 4.38. The number of thioether (sulfide) groups is 1. The first kappa shape index (κ1) is 21.2. The summed E-state index contributed by atoms with van der Waals surface area (Å²) in [6.45, 7) is 2.04. The lowest BCUT2D eigenvalue weighted by molar-refractivity contribution is -0.118. The summed E-state index contributed by atoms with van der Waals surface area (Å²) in [5.41, 5.74) is 2.52. The minimum Gasteiger partial charge on any atom is -0.326 e. The molecule has 0 bridgehead atoms. The van der Waals surface area contributed by atoms with E-state index in [-0.39, 0.29) is 23.0 Å². The summed E-state index contributed by atoms with van der Waals surface area (Å²) in [6.07, 6.45) is 2.68. The van der Waals surface area contributed by atoms with Crippen molar-refractivity contribution in [1.29, 1.82) is 0 Å². The predicted octanol–water partition coefficient (Wildman–Crippen LogP) is 6.27. The number of nitrogens with zero attached hydrogens (tertiary/aromatic N) is 1. The normalized spacial score (nSPS) is 14.0. The van der Waals surface area contributed by atoms with E-state index in [2.05, 4.69) is 5.32 Å². The third kappa shape index (κ3) is 5.36. The van der Waals surface area contributed by atoms with E-state index in [0.29, 0.717) is 6.42 Å². The Kier molecular flexibility index (Phi) is 6.73. The zero-order valence-electron chi connectivity index (χ0n) is 17.5. The first-order chi connectivity index (χ1) is 15.2. The van der Waals surface area contributed by atoms with Gasteiger partial charge >= 0.3 is 0 Å². The second-order valence-electron chi connectivity index (χ2n) is 7.65. The molecular weight excluding hydrogens is 404 g/mol. The second-order valence-corrected chi connectivity index (χ2v) is 8.92. The number of hydrogen-bond donors (Lipinski definition) is 1. The van der Waals surface area contributed by atoms with Crippen LogP contribution in [-0.2, 0) is 9.59 Å². The molecule has 1 atom stereocenters. The fourth-order valence-electron chi connectivity index (χ4n) is 3.38. The smallest absolute Gasteiger partial charge is 0.245 e. The summed E-state index contributed by atoms with van der Waals surface area (Å²) in [6, 6.07) is 27.3. The van der Waals surface area contributed by atoms with Crippen LogP contribution in [0.1, 0.15) is 26.2 Å². The molecule has 1 aliphatic carbocycles. The maximum absolute atomic E-state index is 13.6. The van der Waals surface area contributed by atoms with Crippen LogP contribution in [0.2, 0.25) is 0 Å². The van der Waals surface area contributed by atoms with Crippen LogP contribution in [0.5, 0.6) is 0 Å². The Bertz CT molecular complexity index is 979. The van der Waals surface area contributed by atoms with Gasteiger partial charge in [0.25, 0.3) is 0 Å². The van der Waals surface area contributed by atoms with Gasteiger partial charge in [0.15, 0.2) is 0 Å². The molecule has 0 aromatic heterocycles. The summed E-state index contributed by atoms with van der Waals surface area (Å²) >= 11 is 1.56. The van der Waals surface area contributed by atoms with E-state index in [9.17, 15) is 9.59 Å². The molecule has 2 amide bonds. The van der Waals surface area contributed by atoms with Gasteiger partial charge in [0.1, 0.15) is 0 Å². The molecule has 0 saturated heterocycles. The number of carbonyl (C=O) groups is 2. The predicted molar refractivity (Wildman–Crippen MR) is 128 cm³/mol. The first-order valence-corrected chi connectivity index (χ1v) is 11.6. The SMILES string of the molecule is CCC(Sc1ccc(NC(=O)C2CC2)cc1)C(=O)N(c1ccccc1)c1ccccc1. The monoisotopic (exact) mass is 430 g/mol. The second kappa shape index (κ2) is 9.84. The van der Waals surface area contributed by atoms with Crippen LogP contribution in [-0.4, -0.2) is 17.1 Å². The van der Waals surface area contributed by atoms with Gasteiger partial charge in [-0.1, -0.05) is 43.3 Å². The van der Waals surface area contributed by atoms with Gasteiger partial charge in [-0.15, -0.1) is 11.8 Å². The lowest BCUT2D eigenvalue weighted by atomic mass is 10.2. The number of para-hydroxylation sites is 2. The molecule has 1 unspecified atom stereocenters. The van der Waals surface area contributed by atoms with Crippen molar-refractivity contribution >= 4 is 40.6 Å². The van der Waals surface area contributed by atoms with Crippen molar-refractivity contribution < 1.29 is 9.59 Å². The van der Waals surface area contributed by atoms with Crippen molar-refractivity contribution in [2.75, 3.05) is 10.2 Å². The molecule has 0 heterocycles. The largest absolute Gasteiger partial charge is 0.326 e. The molecule has 3 aromatic rings. The molecule has 31 heavy (non-hydrogen) atoms. The van der Waals surface area contributed by atoms with Crippen LogP contribution in [0.3, 0.4) is 0 Å². The maximum Gasteiger partial charge on any atom is 0.245 e. The van der Waals surface area contributed by atoms with E-state index in [4.69, 9.17) is 0 Å². The summed E-state index contributed by atoms with van der Waals surface area (Å²) in [7, 11) is 0. The first-order valence-electron chi connectivity index (χ1n) is 10.7. The lowest BCUT2D eigenvalue weighted by Crippen LogP contribution is -2.34. The van der Waals surface area contributed by atoms with E-state index < -0.39 is 0 Å². The molecule has 4 nitrogen and oxygen atoms in total. The van der Waals surface area contributed by atoms with Crippen LogP contribution in [0.4, 0.5) is 17.1 Å². The summed E-state index contributed by atoms with van der Waals surface area (Å²) in [5.74, 6) is 0.331. The maximum atomic E-state index is 13.6. The third-order valence-corrected chi connectivity index (χ3v) is 6.61. The quantitative estimate of drug-likeness (QED) is 0.429. The standard InChI is InChI=1S/C26H26N2O2S/c1-2-24(31-23-17-15-20(16-18-23)27-25(29)19-13-14-19)26(30)28(21-9-5-3-6-10-21)22-11-7-4-8-12-22/h3-12,15-19,24H,2,13-14H2,1H3,(H,27,29). The molecule has 0 spiro atoms. The van der Waals surface area contributed by atoms with Gasteiger partial charge in [0.05, 0.1) is 5.25 Å². The van der Waals surface area contributed by atoms with E-state index in [1.54, 1.807) is 16.7 Å². The van der Waals surface area contributed by atoms with E-state index >= 15 is 0 Å². The summed E-state index contributed by atoms with van der Waals surface area (Å²) in [4.78, 5) is 28.4. The Morgan fingerprint density at radius 2 is 1.45 bits per heavy atom. The lowest BCUT2D eigenvalue weighted by Gasteiger charge is -2.27. The molecule has 5 heteroatoms. The summed E-state index contributed by atoms with van der Waals surface area (Å²) in [5, 5.41) is 2.73. The number of hydrogen-bond acceptors (Lipinski definition) is 3. The molecule has 3 aromatic carbocycles. The molecule has 158 valence electrons. The van der Waals surface area contributed by atoms with Gasteiger partial charge < -0.3 is 5.32 Å². The van der Waals surface area contributed by atoms with Crippen molar-refractivity contribution in [1.82, 2.24) is 0 Å². The highest BCUT2D eigenvalue weighted by atomic mass is 32.2. The van der Waals surface area contributed by atoms with Crippen molar-refractivity contribution in [3.8, 4) is 0 Å². The Labute approximate surface area is 187 Å². The Hall–Kier alpha value is -3.05. The topological polar surface area (TPSA) is 49.4 Å². The van der Waals surface area contributed by atoms with E-state index in [1.165, 1.54) is 0 Å². The summed E-state index contributed by atoms with van der Waals surface area (Å²) < 4.78 is 0. The molecule has 1 fully saturated rings. The Morgan fingerprint density at radius 1 is 0.903 bits per heavy atom. The molecule has 1 N–H and O–H groups in total. The zero-order chi connectivity index (χ0) is 21.6. The number of carbonyl (C=O) groups excluding carboxylic acids is 2. The van der Waals surface area contributed by atoms with Gasteiger partial charge in [0.2, 0.25) is 11.8 Å². The van der Waals surface area contributed by atoms with Gasteiger partial charge in [-0.25, -0.2) is 0 Å². The molecule has 4 rings (SSSR count). The van der Waals surface area contributed by atoms with Gasteiger partial charge in [-0.2, -0.15) is 0 Å². The average Bonchev–Trinajstić information content (AvgIpc) is 3.66. The average molecular weight is 431 g/mol. The van der Waals surface area contributed by atoms with Gasteiger partial charge in [-0.05, 0) is 67.8 Å². The number of benzene rings is 3. The molecule has 0 aliphatic heterocycles.